The lowest BCUT2D eigenvalue weighted by atomic mass is 10.1. The highest BCUT2D eigenvalue weighted by Gasteiger charge is 2.10. The van der Waals surface area contributed by atoms with Crippen LogP contribution in [0.15, 0.2) is 48.8 Å². The second-order valence-corrected chi connectivity index (χ2v) is 5.55. The van der Waals surface area contributed by atoms with Gasteiger partial charge in [0.2, 0.25) is 0 Å². The fourth-order valence-corrected chi connectivity index (χ4v) is 2.20. The zero-order valence-electron chi connectivity index (χ0n) is 12.7. The minimum absolute atomic E-state index is 0.0889. The first-order valence-corrected chi connectivity index (χ1v) is 7.86. The monoisotopic (exact) mass is 331 g/mol. The van der Waals surface area contributed by atoms with Gasteiger partial charge in [-0.15, -0.1) is 0 Å². The molecule has 0 amide bonds. The standard InChI is InChI=1S/C18H18ClNO3/c19-16-7-5-15(6-8-16)17(21)9-10-18(22)23-12-2-4-14-3-1-11-20-13-14/h1,3,5-8,11,13H,2,4,9-10,12H2. The molecule has 0 atom stereocenters. The van der Waals surface area contributed by atoms with E-state index >= 15 is 0 Å². The lowest BCUT2D eigenvalue weighted by Gasteiger charge is -2.05. The highest BCUT2D eigenvalue weighted by molar-refractivity contribution is 6.30. The first-order chi connectivity index (χ1) is 11.1. The second kappa shape index (κ2) is 9.06. The molecule has 0 aliphatic heterocycles. The van der Waals surface area contributed by atoms with Crippen LogP contribution in [0, 0.1) is 0 Å². The number of Topliss-reactive ketones (excluding diaryl/α,β-unsaturated/α-hetero) is 1. The Labute approximate surface area is 140 Å². The van der Waals surface area contributed by atoms with Crippen LogP contribution in [0.2, 0.25) is 5.02 Å². The first kappa shape index (κ1) is 17.2. The summed E-state index contributed by atoms with van der Waals surface area (Å²) in [6.07, 6.45) is 5.30. The number of hydrogen-bond acceptors (Lipinski definition) is 4. The Hall–Kier alpha value is -2.20. The quantitative estimate of drug-likeness (QED) is 0.418. The topological polar surface area (TPSA) is 56.3 Å². The molecule has 1 aromatic carbocycles. The maximum Gasteiger partial charge on any atom is 0.306 e. The van der Waals surface area contributed by atoms with Gasteiger partial charge in [0.1, 0.15) is 0 Å². The van der Waals surface area contributed by atoms with E-state index in [9.17, 15) is 9.59 Å². The van der Waals surface area contributed by atoms with Crippen LogP contribution in [-0.2, 0) is 16.0 Å². The van der Waals surface area contributed by atoms with Crippen LogP contribution in [0.4, 0.5) is 0 Å². The molecule has 0 aliphatic carbocycles. The molecular weight excluding hydrogens is 314 g/mol. The Balaban J connectivity index is 1.63. The number of ether oxygens (including phenoxy) is 1. The van der Waals surface area contributed by atoms with E-state index in [0.29, 0.717) is 17.2 Å². The van der Waals surface area contributed by atoms with Crippen molar-refractivity contribution in [2.45, 2.75) is 25.7 Å². The number of halogens is 1. The van der Waals surface area contributed by atoms with Gasteiger partial charge in [0.15, 0.2) is 5.78 Å². The fraction of sp³-hybridized carbons (Fsp3) is 0.278. The van der Waals surface area contributed by atoms with Crippen molar-refractivity contribution in [3.63, 3.8) is 0 Å². The smallest absolute Gasteiger partial charge is 0.306 e. The van der Waals surface area contributed by atoms with Crippen LogP contribution >= 0.6 is 11.6 Å². The van der Waals surface area contributed by atoms with Crippen molar-refractivity contribution in [2.75, 3.05) is 6.61 Å². The molecule has 0 radical (unpaired) electrons. The molecule has 2 rings (SSSR count). The van der Waals surface area contributed by atoms with Crippen LogP contribution in [0.1, 0.15) is 35.2 Å². The maximum atomic E-state index is 11.9. The molecule has 0 fully saturated rings. The summed E-state index contributed by atoms with van der Waals surface area (Å²) in [5.41, 5.74) is 1.67. The molecule has 23 heavy (non-hydrogen) atoms. The van der Waals surface area contributed by atoms with Crippen LogP contribution < -0.4 is 0 Å². The van der Waals surface area contributed by atoms with E-state index < -0.39 is 0 Å². The minimum Gasteiger partial charge on any atom is -0.466 e. The summed E-state index contributed by atoms with van der Waals surface area (Å²) in [5.74, 6) is -0.438. The van der Waals surface area contributed by atoms with Crippen molar-refractivity contribution in [3.05, 3.63) is 64.9 Å². The number of hydrogen-bond donors (Lipinski definition) is 0. The van der Waals surface area contributed by atoms with E-state index in [2.05, 4.69) is 4.98 Å². The van der Waals surface area contributed by atoms with Gasteiger partial charge >= 0.3 is 5.97 Å². The van der Waals surface area contributed by atoms with E-state index in [0.717, 1.165) is 18.4 Å². The molecule has 120 valence electrons. The number of aryl methyl sites for hydroxylation is 1. The predicted octanol–water partition coefficient (Wildman–Crippen LogP) is 3.87. The lowest BCUT2D eigenvalue weighted by molar-refractivity contribution is -0.143. The predicted molar refractivity (Wildman–Crippen MR) is 88.5 cm³/mol. The largest absolute Gasteiger partial charge is 0.466 e. The number of esters is 1. The Morgan fingerprint density at radius 1 is 1.09 bits per heavy atom. The van der Waals surface area contributed by atoms with Crippen molar-refractivity contribution in [2.24, 2.45) is 0 Å². The molecule has 0 bridgehead atoms. The molecule has 0 unspecified atom stereocenters. The molecule has 5 heteroatoms. The molecule has 0 spiro atoms. The Kier molecular flexibility index (Phi) is 6.76. The molecule has 0 saturated carbocycles. The molecule has 4 nitrogen and oxygen atoms in total. The van der Waals surface area contributed by atoms with Crippen LogP contribution in [0.5, 0.6) is 0 Å². The van der Waals surface area contributed by atoms with Crippen LogP contribution in [-0.4, -0.2) is 23.3 Å². The zero-order chi connectivity index (χ0) is 16.5. The summed E-state index contributed by atoms with van der Waals surface area (Å²) in [4.78, 5) is 27.6. The van der Waals surface area contributed by atoms with E-state index in [1.165, 1.54) is 0 Å². The van der Waals surface area contributed by atoms with Gasteiger partial charge in [-0.2, -0.15) is 0 Å². The van der Waals surface area contributed by atoms with Gasteiger partial charge in [0, 0.05) is 29.4 Å². The van der Waals surface area contributed by atoms with Crippen molar-refractivity contribution < 1.29 is 14.3 Å². The van der Waals surface area contributed by atoms with Gasteiger partial charge in [-0.3, -0.25) is 14.6 Å². The SMILES string of the molecule is O=C(CCC(=O)c1ccc(Cl)cc1)OCCCc1cccnc1. The van der Waals surface area contributed by atoms with Gasteiger partial charge in [-0.1, -0.05) is 17.7 Å². The summed E-state index contributed by atoms with van der Waals surface area (Å²) in [6, 6.07) is 10.5. The lowest BCUT2D eigenvalue weighted by Crippen LogP contribution is -2.09. The number of benzene rings is 1. The van der Waals surface area contributed by atoms with Crippen molar-refractivity contribution in [3.8, 4) is 0 Å². The number of pyridine rings is 1. The van der Waals surface area contributed by atoms with Crippen molar-refractivity contribution >= 4 is 23.4 Å². The Morgan fingerprint density at radius 2 is 1.87 bits per heavy atom. The normalized spacial score (nSPS) is 10.3. The third kappa shape index (κ3) is 6.20. The summed E-state index contributed by atoms with van der Waals surface area (Å²) in [6.45, 7) is 0.350. The zero-order valence-corrected chi connectivity index (χ0v) is 13.5. The minimum atomic E-state index is -0.349. The number of carbonyl (C=O) groups is 2. The summed E-state index contributed by atoms with van der Waals surface area (Å²) in [7, 11) is 0. The second-order valence-electron chi connectivity index (χ2n) is 5.12. The number of nitrogens with zero attached hydrogens (tertiary/aromatic N) is 1. The molecule has 1 aromatic heterocycles. The van der Waals surface area contributed by atoms with E-state index in [4.69, 9.17) is 16.3 Å². The van der Waals surface area contributed by atoms with E-state index in [1.54, 1.807) is 36.7 Å². The number of ketones is 1. The summed E-state index contributed by atoms with van der Waals surface area (Å²) >= 11 is 5.77. The molecule has 2 aromatic rings. The third-order valence-corrected chi connectivity index (χ3v) is 3.57. The van der Waals surface area contributed by atoms with E-state index in [1.807, 2.05) is 12.1 Å². The van der Waals surface area contributed by atoms with Gasteiger partial charge in [-0.05, 0) is 48.7 Å². The van der Waals surface area contributed by atoms with Crippen LogP contribution in [0.25, 0.3) is 0 Å². The molecular formula is C18H18ClNO3. The van der Waals surface area contributed by atoms with Gasteiger partial charge in [-0.25, -0.2) is 0 Å². The molecule has 1 heterocycles. The maximum absolute atomic E-state index is 11.9. The average molecular weight is 332 g/mol. The molecule has 0 N–H and O–H groups in total. The van der Waals surface area contributed by atoms with Crippen molar-refractivity contribution in [1.82, 2.24) is 4.98 Å². The Morgan fingerprint density at radius 3 is 2.57 bits per heavy atom. The third-order valence-electron chi connectivity index (χ3n) is 3.32. The number of carbonyl (C=O) groups excluding carboxylic acids is 2. The van der Waals surface area contributed by atoms with Gasteiger partial charge in [0.25, 0.3) is 0 Å². The Bertz CT molecular complexity index is 641. The average Bonchev–Trinajstić information content (AvgIpc) is 2.58. The van der Waals surface area contributed by atoms with Gasteiger partial charge < -0.3 is 4.74 Å². The number of rotatable bonds is 8. The van der Waals surface area contributed by atoms with E-state index in [-0.39, 0.29) is 24.6 Å². The first-order valence-electron chi connectivity index (χ1n) is 7.48. The number of aromatic nitrogens is 1. The highest BCUT2D eigenvalue weighted by atomic mass is 35.5. The molecule has 0 saturated heterocycles. The van der Waals surface area contributed by atoms with Crippen LogP contribution in [0.3, 0.4) is 0 Å². The fourth-order valence-electron chi connectivity index (χ4n) is 2.08. The van der Waals surface area contributed by atoms with Gasteiger partial charge in [0.05, 0.1) is 13.0 Å². The molecule has 0 aliphatic rings. The van der Waals surface area contributed by atoms with Crippen molar-refractivity contribution in [1.29, 1.82) is 0 Å². The summed E-state index contributed by atoms with van der Waals surface area (Å²) in [5, 5.41) is 0.578. The summed E-state index contributed by atoms with van der Waals surface area (Å²) < 4.78 is 5.14. The highest BCUT2D eigenvalue weighted by Crippen LogP contribution is 2.12.